The minimum atomic E-state index is -1.29. The van der Waals surface area contributed by atoms with Crippen LogP contribution in [0.15, 0.2) is 42.7 Å². The summed E-state index contributed by atoms with van der Waals surface area (Å²) in [6.07, 6.45) is 2.64. The first-order chi connectivity index (χ1) is 9.98. The largest absolute Gasteiger partial charge is 0.481 e. The monoisotopic (exact) mass is 288 g/mol. The number of hydrogen-bond donors (Lipinski definition) is 2. The summed E-state index contributed by atoms with van der Waals surface area (Å²) < 4.78 is 13.3. The number of pyridine rings is 1. The Bertz CT molecular complexity index is 660. The topological polar surface area (TPSA) is 76.2 Å². The average molecular weight is 288 g/mol. The van der Waals surface area contributed by atoms with E-state index in [-0.39, 0.29) is 13.0 Å². The number of nitrogens with two attached hydrogens (primary N) is 1. The molecule has 1 unspecified atom stereocenters. The van der Waals surface area contributed by atoms with Crippen molar-refractivity contribution in [2.75, 3.05) is 6.54 Å². The van der Waals surface area contributed by atoms with Crippen LogP contribution in [0, 0.1) is 12.7 Å². The van der Waals surface area contributed by atoms with Gasteiger partial charge in [0.1, 0.15) is 11.2 Å². The number of nitrogens with zero attached hydrogens (tertiary/aromatic N) is 1. The fourth-order valence-corrected chi connectivity index (χ4v) is 2.42. The molecule has 0 aliphatic rings. The summed E-state index contributed by atoms with van der Waals surface area (Å²) in [5.74, 6) is -1.52. The smallest absolute Gasteiger partial charge is 0.315 e. The van der Waals surface area contributed by atoms with E-state index >= 15 is 0 Å². The maximum absolute atomic E-state index is 13.3. The van der Waals surface area contributed by atoms with E-state index in [0.29, 0.717) is 11.1 Å². The van der Waals surface area contributed by atoms with Crippen LogP contribution in [0.2, 0.25) is 0 Å². The quantitative estimate of drug-likeness (QED) is 0.883. The number of aromatic nitrogens is 1. The predicted octanol–water partition coefficient (Wildman–Crippen LogP) is 2.05. The SMILES string of the molecule is Cc1cccc(C(CN)(Cc2cncc(F)c2)C(=O)O)c1. The molecule has 0 bridgehead atoms. The van der Waals surface area contributed by atoms with Gasteiger partial charge in [-0.25, -0.2) is 4.39 Å². The molecule has 1 heterocycles. The van der Waals surface area contributed by atoms with E-state index in [4.69, 9.17) is 5.73 Å². The lowest BCUT2D eigenvalue weighted by Crippen LogP contribution is -2.45. The molecule has 0 radical (unpaired) electrons. The first kappa shape index (κ1) is 15.1. The highest BCUT2D eigenvalue weighted by Gasteiger charge is 2.39. The van der Waals surface area contributed by atoms with E-state index in [2.05, 4.69) is 4.98 Å². The van der Waals surface area contributed by atoms with Crippen LogP contribution in [0.5, 0.6) is 0 Å². The van der Waals surface area contributed by atoms with E-state index in [9.17, 15) is 14.3 Å². The lowest BCUT2D eigenvalue weighted by atomic mass is 9.75. The predicted molar refractivity (Wildman–Crippen MR) is 77.4 cm³/mol. The van der Waals surface area contributed by atoms with Crippen LogP contribution in [0.4, 0.5) is 4.39 Å². The average Bonchev–Trinajstić information content (AvgIpc) is 2.44. The summed E-state index contributed by atoms with van der Waals surface area (Å²) in [5.41, 5.74) is 6.56. The molecule has 4 nitrogen and oxygen atoms in total. The third-order valence-electron chi connectivity index (χ3n) is 3.60. The molecule has 1 aromatic heterocycles. The zero-order valence-electron chi connectivity index (χ0n) is 11.7. The molecule has 0 aliphatic carbocycles. The van der Waals surface area contributed by atoms with Gasteiger partial charge in [0.15, 0.2) is 0 Å². The van der Waals surface area contributed by atoms with Gasteiger partial charge in [0.05, 0.1) is 6.20 Å². The zero-order valence-corrected chi connectivity index (χ0v) is 11.7. The molecule has 0 saturated carbocycles. The van der Waals surface area contributed by atoms with Gasteiger partial charge in [-0.15, -0.1) is 0 Å². The van der Waals surface area contributed by atoms with Crippen molar-refractivity contribution in [3.8, 4) is 0 Å². The fraction of sp³-hybridized carbons (Fsp3) is 0.250. The van der Waals surface area contributed by atoms with Crippen LogP contribution in [-0.2, 0) is 16.6 Å². The maximum atomic E-state index is 13.3. The molecule has 2 rings (SSSR count). The number of halogens is 1. The van der Waals surface area contributed by atoms with Crippen molar-refractivity contribution < 1.29 is 14.3 Å². The lowest BCUT2D eigenvalue weighted by Gasteiger charge is -2.29. The van der Waals surface area contributed by atoms with E-state index in [1.807, 2.05) is 13.0 Å². The van der Waals surface area contributed by atoms with Crippen molar-refractivity contribution in [2.24, 2.45) is 5.73 Å². The van der Waals surface area contributed by atoms with Gasteiger partial charge in [0, 0.05) is 12.7 Å². The minimum absolute atomic E-state index is 0.0811. The Morgan fingerprint density at radius 1 is 1.38 bits per heavy atom. The molecule has 3 N–H and O–H groups in total. The van der Waals surface area contributed by atoms with Crippen LogP contribution in [0.3, 0.4) is 0 Å². The number of carbonyl (C=O) groups is 1. The molecular weight excluding hydrogens is 271 g/mol. The van der Waals surface area contributed by atoms with E-state index in [0.717, 1.165) is 11.8 Å². The van der Waals surface area contributed by atoms with E-state index < -0.39 is 17.2 Å². The highest BCUT2D eigenvalue weighted by Crippen LogP contribution is 2.29. The van der Waals surface area contributed by atoms with Gasteiger partial charge < -0.3 is 10.8 Å². The minimum Gasteiger partial charge on any atom is -0.481 e. The first-order valence-corrected chi connectivity index (χ1v) is 6.58. The lowest BCUT2D eigenvalue weighted by molar-refractivity contribution is -0.143. The van der Waals surface area contributed by atoms with Gasteiger partial charge >= 0.3 is 5.97 Å². The third-order valence-corrected chi connectivity index (χ3v) is 3.60. The molecule has 5 heteroatoms. The molecule has 110 valence electrons. The number of carboxylic acid groups (broad SMARTS) is 1. The molecule has 21 heavy (non-hydrogen) atoms. The van der Waals surface area contributed by atoms with Gasteiger partial charge in [-0.1, -0.05) is 29.8 Å². The van der Waals surface area contributed by atoms with Crippen molar-refractivity contribution in [3.63, 3.8) is 0 Å². The number of carboxylic acids is 1. The molecule has 0 fully saturated rings. The summed E-state index contributed by atoms with van der Waals surface area (Å²) in [5, 5.41) is 9.70. The Kier molecular flexibility index (Phi) is 4.33. The summed E-state index contributed by atoms with van der Waals surface area (Å²) in [6, 6.07) is 8.50. The van der Waals surface area contributed by atoms with Crippen molar-refractivity contribution in [3.05, 3.63) is 65.2 Å². The zero-order chi connectivity index (χ0) is 15.5. The third kappa shape index (κ3) is 3.08. The molecule has 0 amide bonds. The van der Waals surface area contributed by atoms with Crippen LogP contribution in [0.25, 0.3) is 0 Å². The number of aliphatic carboxylic acids is 1. The summed E-state index contributed by atoms with van der Waals surface area (Å²) in [6.45, 7) is 1.80. The second-order valence-electron chi connectivity index (χ2n) is 5.15. The standard InChI is InChI=1S/C16H17FN2O2/c1-11-3-2-4-13(5-11)16(10-18,15(20)21)7-12-6-14(17)9-19-8-12/h2-6,8-9H,7,10,18H2,1H3,(H,20,21). The summed E-state index contributed by atoms with van der Waals surface area (Å²) in [7, 11) is 0. The van der Waals surface area contributed by atoms with Crippen LogP contribution in [0.1, 0.15) is 16.7 Å². The Morgan fingerprint density at radius 3 is 2.71 bits per heavy atom. The number of benzene rings is 1. The molecule has 0 saturated heterocycles. The Balaban J connectivity index is 2.49. The maximum Gasteiger partial charge on any atom is 0.315 e. The number of hydrogen-bond acceptors (Lipinski definition) is 3. The number of aryl methyl sites for hydroxylation is 1. The molecule has 0 aliphatic heterocycles. The molecular formula is C16H17FN2O2. The van der Waals surface area contributed by atoms with Gasteiger partial charge in [-0.3, -0.25) is 9.78 Å². The highest BCUT2D eigenvalue weighted by molar-refractivity contribution is 5.82. The van der Waals surface area contributed by atoms with Crippen LogP contribution >= 0.6 is 0 Å². The molecule has 1 aromatic carbocycles. The Morgan fingerprint density at radius 2 is 2.14 bits per heavy atom. The van der Waals surface area contributed by atoms with Gasteiger partial charge in [0.25, 0.3) is 0 Å². The molecule has 0 spiro atoms. The molecule has 1 atom stereocenters. The Labute approximate surface area is 122 Å². The van der Waals surface area contributed by atoms with Crippen molar-refractivity contribution in [2.45, 2.75) is 18.8 Å². The second-order valence-corrected chi connectivity index (χ2v) is 5.15. The summed E-state index contributed by atoms with van der Waals surface area (Å²) >= 11 is 0. The van der Waals surface area contributed by atoms with E-state index in [1.54, 1.807) is 18.2 Å². The van der Waals surface area contributed by atoms with Crippen LogP contribution < -0.4 is 5.73 Å². The fourth-order valence-electron chi connectivity index (χ4n) is 2.42. The van der Waals surface area contributed by atoms with Gasteiger partial charge in [-0.05, 0) is 30.5 Å². The number of rotatable bonds is 5. The summed E-state index contributed by atoms with van der Waals surface area (Å²) in [4.78, 5) is 15.6. The van der Waals surface area contributed by atoms with Crippen molar-refractivity contribution in [1.29, 1.82) is 0 Å². The second kappa shape index (κ2) is 6.01. The van der Waals surface area contributed by atoms with Crippen molar-refractivity contribution >= 4 is 5.97 Å². The molecule has 2 aromatic rings. The Hall–Kier alpha value is -2.27. The van der Waals surface area contributed by atoms with Gasteiger partial charge in [0.2, 0.25) is 0 Å². The van der Waals surface area contributed by atoms with E-state index in [1.165, 1.54) is 12.3 Å². The highest BCUT2D eigenvalue weighted by atomic mass is 19.1. The first-order valence-electron chi connectivity index (χ1n) is 6.58. The van der Waals surface area contributed by atoms with Gasteiger partial charge in [-0.2, -0.15) is 0 Å². The van der Waals surface area contributed by atoms with Crippen molar-refractivity contribution in [1.82, 2.24) is 4.98 Å². The van der Waals surface area contributed by atoms with Crippen LogP contribution in [-0.4, -0.2) is 22.6 Å². The normalized spacial score (nSPS) is 13.7.